The summed E-state index contributed by atoms with van der Waals surface area (Å²) in [4.78, 5) is 33.9. The second kappa shape index (κ2) is 8.37. The van der Waals surface area contributed by atoms with Gasteiger partial charge in [-0.25, -0.2) is 0 Å². The lowest BCUT2D eigenvalue weighted by atomic mass is 10.2. The van der Waals surface area contributed by atoms with Gasteiger partial charge >= 0.3 is 12.1 Å². The van der Waals surface area contributed by atoms with Gasteiger partial charge in [0.25, 0.3) is 11.8 Å². The van der Waals surface area contributed by atoms with Crippen LogP contribution in [0.1, 0.15) is 10.4 Å². The maximum atomic E-state index is 11.8. The Hall–Kier alpha value is -2.29. The van der Waals surface area contributed by atoms with Crippen LogP contribution < -0.4 is 10.6 Å². The molecule has 0 atom stereocenters. The SMILES string of the molecule is O=C(COC(=O)CNC(=O)c1ccc(Cl)cc1)NCC(F)(F)F. The predicted molar refractivity (Wildman–Crippen MR) is 73.8 cm³/mol. The molecule has 6 nitrogen and oxygen atoms in total. The molecule has 0 radical (unpaired) electrons. The number of hydrogen-bond donors (Lipinski definition) is 2. The molecule has 0 aliphatic rings. The third-order valence-corrected chi connectivity index (χ3v) is 2.60. The highest BCUT2D eigenvalue weighted by molar-refractivity contribution is 6.30. The van der Waals surface area contributed by atoms with E-state index in [0.717, 1.165) is 0 Å². The van der Waals surface area contributed by atoms with Crippen LogP contribution in [0.2, 0.25) is 5.02 Å². The van der Waals surface area contributed by atoms with E-state index in [2.05, 4.69) is 10.1 Å². The summed E-state index contributed by atoms with van der Waals surface area (Å²) < 4.78 is 39.9. The van der Waals surface area contributed by atoms with Crippen LogP contribution in [-0.2, 0) is 14.3 Å². The molecule has 1 rings (SSSR count). The minimum Gasteiger partial charge on any atom is -0.454 e. The molecular weight excluding hydrogens is 341 g/mol. The first-order valence-corrected chi connectivity index (χ1v) is 6.58. The average Bonchev–Trinajstić information content (AvgIpc) is 2.48. The van der Waals surface area contributed by atoms with Crippen molar-refractivity contribution in [3.05, 3.63) is 34.9 Å². The van der Waals surface area contributed by atoms with E-state index in [1.54, 1.807) is 0 Å². The number of ether oxygens (including phenoxy) is 1. The first-order valence-electron chi connectivity index (χ1n) is 6.20. The van der Waals surface area contributed by atoms with E-state index in [1.807, 2.05) is 0 Å². The minimum atomic E-state index is -4.55. The number of alkyl halides is 3. The number of benzene rings is 1. The molecule has 0 saturated carbocycles. The van der Waals surface area contributed by atoms with E-state index in [0.29, 0.717) is 5.02 Å². The highest BCUT2D eigenvalue weighted by Crippen LogP contribution is 2.12. The Morgan fingerprint density at radius 3 is 2.26 bits per heavy atom. The summed E-state index contributed by atoms with van der Waals surface area (Å²) in [5.74, 6) is -2.63. The third-order valence-electron chi connectivity index (χ3n) is 2.35. The Morgan fingerprint density at radius 2 is 1.70 bits per heavy atom. The van der Waals surface area contributed by atoms with E-state index in [4.69, 9.17) is 11.6 Å². The second-order valence-electron chi connectivity index (χ2n) is 4.24. The smallest absolute Gasteiger partial charge is 0.405 e. The number of nitrogens with one attached hydrogen (secondary N) is 2. The molecular formula is C13H12ClF3N2O4. The fraction of sp³-hybridized carbons (Fsp3) is 0.308. The highest BCUT2D eigenvalue weighted by Gasteiger charge is 2.27. The van der Waals surface area contributed by atoms with Crippen LogP contribution >= 0.6 is 11.6 Å². The first-order chi connectivity index (χ1) is 10.7. The predicted octanol–water partition coefficient (Wildman–Crippen LogP) is 1.29. The molecule has 0 unspecified atom stereocenters. The Morgan fingerprint density at radius 1 is 1.09 bits per heavy atom. The van der Waals surface area contributed by atoms with E-state index < -0.39 is 43.7 Å². The minimum absolute atomic E-state index is 0.255. The molecule has 0 saturated heterocycles. The van der Waals surface area contributed by atoms with Gasteiger partial charge in [0.2, 0.25) is 0 Å². The maximum absolute atomic E-state index is 11.8. The molecule has 1 aromatic carbocycles. The van der Waals surface area contributed by atoms with Gasteiger partial charge < -0.3 is 15.4 Å². The quantitative estimate of drug-likeness (QED) is 0.756. The Balaban J connectivity index is 2.27. The molecule has 0 spiro atoms. The zero-order valence-electron chi connectivity index (χ0n) is 11.6. The standard InChI is InChI=1S/C13H12ClF3N2O4/c14-9-3-1-8(2-4-9)12(22)18-5-11(21)23-6-10(20)19-7-13(15,16)17/h1-4H,5-7H2,(H,18,22)(H,19,20). The van der Waals surface area contributed by atoms with Crippen molar-refractivity contribution in [2.45, 2.75) is 6.18 Å². The number of hydrogen-bond acceptors (Lipinski definition) is 4. The number of carbonyl (C=O) groups is 3. The molecule has 2 amide bonds. The molecule has 10 heteroatoms. The van der Waals surface area contributed by atoms with Gasteiger partial charge in [0.15, 0.2) is 6.61 Å². The summed E-state index contributed by atoms with van der Waals surface area (Å²) in [5, 5.41) is 4.20. The van der Waals surface area contributed by atoms with Crippen LogP contribution in [-0.4, -0.2) is 43.7 Å². The summed E-state index contributed by atoms with van der Waals surface area (Å²) in [5.41, 5.74) is 0.255. The van der Waals surface area contributed by atoms with Gasteiger partial charge in [0.1, 0.15) is 13.1 Å². The normalized spacial score (nSPS) is 10.8. The molecule has 0 fully saturated rings. The number of carbonyl (C=O) groups excluding carboxylic acids is 3. The zero-order chi connectivity index (χ0) is 17.5. The third kappa shape index (κ3) is 8.05. The summed E-state index contributed by atoms with van der Waals surface area (Å²) in [6, 6.07) is 5.85. The van der Waals surface area contributed by atoms with Crippen molar-refractivity contribution in [3.8, 4) is 0 Å². The molecule has 126 valence electrons. The van der Waals surface area contributed by atoms with Gasteiger partial charge in [-0.2, -0.15) is 13.2 Å². The van der Waals surface area contributed by atoms with Gasteiger partial charge in [-0.05, 0) is 24.3 Å². The summed E-state index contributed by atoms with van der Waals surface area (Å²) >= 11 is 5.65. The molecule has 0 aliphatic carbocycles. The number of esters is 1. The van der Waals surface area contributed by atoms with E-state index >= 15 is 0 Å². The largest absolute Gasteiger partial charge is 0.454 e. The molecule has 2 N–H and O–H groups in total. The highest BCUT2D eigenvalue weighted by atomic mass is 35.5. The number of amides is 2. The van der Waals surface area contributed by atoms with E-state index in [9.17, 15) is 27.6 Å². The lowest BCUT2D eigenvalue weighted by molar-refractivity contribution is -0.150. The van der Waals surface area contributed by atoms with Crippen molar-refractivity contribution in [2.24, 2.45) is 0 Å². The van der Waals surface area contributed by atoms with Gasteiger partial charge in [-0.15, -0.1) is 0 Å². The van der Waals surface area contributed by atoms with Crippen LogP contribution in [0.4, 0.5) is 13.2 Å². The maximum Gasteiger partial charge on any atom is 0.405 e. The van der Waals surface area contributed by atoms with Crippen molar-refractivity contribution in [1.82, 2.24) is 10.6 Å². The fourth-order valence-electron chi connectivity index (χ4n) is 1.30. The van der Waals surface area contributed by atoms with Gasteiger partial charge in [-0.3, -0.25) is 14.4 Å². The summed E-state index contributed by atoms with van der Waals surface area (Å²) in [6.07, 6.45) is -4.55. The molecule has 1 aromatic rings. The molecule has 0 aromatic heterocycles. The average molecular weight is 353 g/mol. The van der Waals surface area contributed by atoms with Crippen molar-refractivity contribution < 1.29 is 32.3 Å². The van der Waals surface area contributed by atoms with Crippen LogP contribution in [0.5, 0.6) is 0 Å². The van der Waals surface area contributed by atoms with Crippen LogP contribution in [0.25, 0.3) is 0 Å². The van der Waals surface area contributed by atoms with Gasteiger partial charge in [-0.1, -0.05) is 11.6 Å². The lowest BCUT2D eigenvalue weighted by Gasteiger charge is -2.09. The fourth-order valence-corrected chi connectivity index (χ4v) is 1.43. The van der Waals surface area contributed by atoms with Crippen LogP contribution in [0.15, 0.2) is 24.3 Å². The Kier molecular flexibility index (Phi) is 6.83. The summed E-state index contributed by atoms with van der Waals surface area (Å²) in [6.45, 7) is -2.92. The van der Waals surface area contributed by atoms with Gasteiger partial charge in [0.05, 0.1) is 0 Å². The summed E-state index contributed by atoms with van der Waals surface area (Å²) in [7, 11) is 0. The van der Waals surface area contributed by atoms with Gasteiger partial charge in [0, 0.05) is 10.6 Å². The van der Waals surface area contributed by atoms with E-state index in [-0.39, 0.29) is 5.56 Å². The zero-order valence-corrected chi connectivity index (χ0v) is 12.3. The Labute approximate surface area is 133 Å². The lowest BCUT2D eigenvalue weighted by Crippen LogP contribution is -2.37. The van der Waals surface area contributed by atoms with E-state index in [1.165, 1.54) is 29.6 Å². The monoisotopic (exact) mass is 352 g/mol. The van der Waals surface area contributed by atoms with Crippen LogP contribution in [0.3, 0.4) is 0 Å². The van der Waals surface area contributed by atoms with Crippen molar-refractivity contribution in [2.75, 3.05) is 19.7 Å². The second-order valence-corrected chi connectivity index (χ2v) is 4.68. The topological polar surface area (TPSA) is 84.5 Å². The number of halogens is 4. The van der Waals surface area contributed by atoms with Crippen molar-refractivity contribution in [1.29, 1.82) is 0 Å². The number of rotatable bonds is 6. The van der Waals surface area contributed by atoms with Crippen molar-refractivity contribution >= 4 is 29.4 Å². The van der Waals surface area contributed by atoms with Crippen LogP contribution in [0, 0.1) is 0 Å². The first kappa shape index (κ1) is 18.8. The Bertz CT molecular complexity index is 576. The molecule has 23 heavy (non-hydrogen) atoms. The van der Waals surface area contributed by atoms with Crippen molar-refractivity contribution in [3.63, 3.8) is 0 Å². The molecule has 0 aliphatic heterocycles. The molecule has 0 bridgehead atoms. The molecule has 0 heterocycles.